The molecule has 1 N–H and O–H groups in total. The molecule has 0 aliphatic heterocycles. The Labute approximate surface area is 106 Å². The third kappa shape index (κ3) is 3.70. The molecule has 1 rings (SSSR count). The lowest BCUT2D eigenvalue weighted by molar-refractivity contribution is 0.0437. The zero-order chi connectivity index (χ0) is 11.3. The summed E-state index contributed by atoms with van der Waals surface area (Å²) >= 11 is 7.80. The van der Waals surface area contributed by atoms with Gasteiger partial charge in [-0.3, -0.25) is 9.63 Å². The first-order chi connectivity index (χ1) is 7.15. The Kier molecular flexibility index (Phi) is 4.88. The number of carbonyl (C=O) groups is 1. The van der Waals surface area contributed by atoms with Crippen LogP contribution in [0.15, 0.2) is 18.2 Å². The Hall–Kier alpha value is -0.770. The lowest BCUT2D eigenvalue weighted by atomic mass is 10.2. The molecule has 0 heterocycles. The normalized spacial score (nSPS) is 9.40. The van der Waals surface area contributed by atoms with Crippen LogP contribution < -0.4 is 5.48 Å². The van der Waals surface area contributed by atoms with Crippen molar-refractivity contribution >= 4 is 40.1 Å². The number of terminal acetylenes is 1. The second-order valence-corrected chi connectivity index (χ2v) is 4.15. The average molecular weight is 336 g/mol. The zero-order valence-corrected chi connectivity index (χ0v) is 10.5. The van der Waals surface area contributed by atoms with Gasteiger partial charge >= 0.3 is 0 Å². The quantitative estimate of drug-likeness (QED) is 0.398. The molecule has 1 aromatic carbocycles. The van der Waals surface area contributed by atoms with Gasteiger partial charge in [0.25, 0.3) is 5.91 Å². The van der Waals surface area contributed by atoms with Crippen LogP contribution in [0.3, 0.4) is 0 Å². The largest absolute Gasteiger partial charge is 0.275 e. The highest BCUT2D eigenvalue weighted by atomic mass is 127. The van der Waals surface area contributed by atoms with Gasteiger partial charge < -0.3 is 0 Å². The molecule has 1 amide bonds. The number of benzene rings is 1. The highest BCUT2D eigenvalue weighted by Crippen LogP contribution is 2.17. The molecule has 15 heavy (non-hydrogen) atoms. The first-order valence-corrected chi connectivity index (χ1v) is 5.41. The summed E-state index contributed by atoms with van der Waals surface area (Å²) in [6, 6.07) is 5.03. The van der Waals surface area contributed by atoms with Gasteiger partial charge in [-0.15, -0.1) is 6.42 Å². The van der Waals surface area contributed by atoms with Gasteiger partial charge in [0, 0.05) is 8.59 Å². The first kappa shape index (κ1) is 12.3. The molecule has 78 valence electrons. The smallest absolute Gasteiger partial charge is 0.267 e. The van der Waals surface area contributed by atoms with E-state index in [-0.39, 0.29) is 12.5 Å². The fraction of sp³-hybridized carbons (Fsp3) is 0.100. The first-order valence-electron chi connectivity index (χ1n) is 3.96. The molecule has 0 aliphatic carbocycles. The van der Waals surface area contributed by atoms with Crippen LogP contribution in [0.25, 0.3) is 0 Å². The SMILES string of the molecule is C#CCONC(=O)c1cc(Cl)ccc1I. The monoisotopic (exact) mass is 335 g/mol. The molecule has 5 heteroatoms. The molecular weight excluding hydrogens is 328 g/mol. The molecule has 0 spiro atoms. The van der Waals surface area contributed by atoms with E-state index in [1.807, 2.05) is 22.6 Å². The lowest BCUT2D eigenvalue weighted by Gasteiger charge is -2.05. The summed E-state index contributed by atoms with van der Waals surface area (Å²) in [4.78, 5) is 16.2. The summed E-state index contributed by atoms with van der Waals surface area (Å²) in [5.41, 5.74) is 2.68. The molecule has 0 atom stereocenters. The van der Waals surface area contributed by atoms with E-state index in [4.69, 9.17) is 22.9 Å². The Bertz CT molecular complexity index is 414. The van der Waals surface area contributed by atoms with E-state index in [0.717, 1.165) is 3.57 Å². The second-order valence-electron chi connectivity index (χ2n) is 2.55. The Morgan fingerprint density at radius 3 is 3.07 bits per heavy atom. The molecule has 0 saturated carbocycles. The van der Waals surface area contributed by atoms with Crippen LogP contribution in [0.2, 0.25) is 5.02 Å². The third-order valence-corrected chi connectivity index (χ3v) is 2.67. The van der Waals surface area contributed by atoms with Crippen molar-refractivity contribution in [2.24, 2.45) is 0 Å². The molecular formula is C10H7ClINO2. The number of carbonyl (C=O) groups excluding carboxylic acids is 1. The Balaban J connectivity index is 2.73. The van der Waals surface area contributed by atoms with Crippen LogP contribution in [0.5, 0.6) is 0 Å². The minimum absolute atomic E-state index is 0.0306. The van der Waals surface area contributed by atoms with Gasteiger partial charge in [-0.05, 0) is 40.8 Å². The van der Waals surface area contributed by atoms with Gasteiger partial charge in [0.2, 0.25) is 0 Å². The number of hydrogen-bond acceptors (Lipinski definition) is 2. The van der Waals surface area contributed by atoms with Crippen molar-refractivity contribution in [3.63, 3.8) is 0 Å². The molecule has 0 aliphatic rings. The fourth-order valence-electron chi connectivity index (χ4n) is 0.870. The molecule has 0 bridgehead atoms. The summed E-state index contributed by atoms with van der Waals surface area (Å²) in [6.45, 7) is 0.0306. The highest BCUT2D eigenvalue weighted by molar-refractivity contribution is 14.1. The van der Waals surface area contributed by atoms with Crippen molar-refractivity contribution in [3.8, 4) is 12.3 Å². The molecule has 3 nitrogen and oxygen atoms in total. The maximum Gasteiger partial charge on any atom is 0.275 e. The number of hydrogen-bond donors (Lipinski definition) is 1. The van der Waals surface area contributed by atoms with E-state index in [2.05, 4.69) is 11.4 Å². The van der Waals surface area contributed by atoms with Gasteiger partial charge in [-0.1, -0.05) is 17.5 Å². The number of rotatable bonds is 3. The van der Waals surface area contributed by atoms with Crippen LogP contribution in [0, 0.1) is 15.9 Å². The minimum Gasteiger partial charge on any atom is -0.267 e. The van der Waals surface area contributed by atoms with E-state index in [1.54, 1.807) is 18.2 Å². The number of nitrogens with one attached hydrogen (secondary N) is 1. The van der Waals surface area contributed by atoms with Crippen molar-refractivity contribution in [2.45, 2.75) is 0 Å². The van der Waals surface area contributed by atoms with Gasteiger partial charge in [0.05, 0.1) is 5.56 Å². The van der Waals surface area contributed by atoms with E-state index in [0.29, 0.717) is 10.6 Å². The number of amides is 1. The van der Waals surface area contributed by atoms with Crippen molar-refractivity contribution in [3.05, 3.63) is 32.4 Å². The third-order valence-electron chi connectivity index (χ3n) is 1.49. The van der Waals surface area contributed by atoms with Gasteiger partial charge in [-0.25, -0.2) is 5.48 Å². The standard InChI is InChI=1S/C10H7ClINO2/c1-2-5-15-13-10(14)8-6-7(11)3-4-9(8)12/h1,3-4,6H,5H2,(H,13,14). The Morgan fingerprint density at radius 1 is 1.67 bits per heavy atom. The van der Waals surface area contributed by atoms with E-state index < -0.39 is 0 Å². The van der Waals surface area contributed by atoms with Gasteiger partial charge in [-0.2, -0.15) is 0 Å². The number of halogens is 2. The van der Waals surface area contributed by atoms with E-state index in [9.17, 15) is 4.79 Å². The van der Waals surface area contributed by atoms with Crippen molar-refractivity contribution in [1.82, 2.24) is 5.48 Å². The second kappa shape index (κ2) is 5.95. The molecule has 1 aromatic rings. The van der Waals surface area contributed by atoms with E-state index >= 15 is 0 Å². The van der Waals surface area contributed by atoms with Crippen LogP contribution in [0.1, 0.15) is 10.4 Å². The zero-order valence-electron chi connectivity index (χ0n) is 7.59. The van der Waals surface area contributed by atoms with Crippen molar-refractivity contribution in [1.29, 1.82) is 0 Å². The van der Waals surface area contributed by atoms with Crippen LogP contribution in [-0.2, 0) is 4.84 Å². The van der Waals surface area contributed by atoms with Crippen LogP contribution in [0.4, 0.5) is 0 Å². The highest BCUT2D eigenvalue weighted by Gasteiger charge is 2.09. The van der Waals surface area contributed by atoms with Crippen molar-refractivity contribution in [2.75, 3.05) is 6.61 Å². The predicted octanol–water partition coefficient (Wildman–Crippen LogP) is 2.24. The van der Waals surface area contributed by atoms with Crippen LogP contribution in [-0.4, -0.2) is 12.5 Å². The van der Waals surface area contributed by atoms with Gasteiger partial charge in [0.15, 0.2) is 0 Å². The maximum atomic E-state index is 11.5. The average Bonchev–Trinajstić information content (AvgIpc) is 2.22. The van der Waals surface area contributed by atoms with Crippen LogP contribution >= 0.6 is 34.2 Å². The maximum absolute atomic E-state index is 11.5. The molecule has 0 unspecified atom stereocenters. The van der Waals surface area contributed by atoms with Gasteiger partial charge in [0.1, 0.15) is 6.61 Å². The fourth-order valence-corrected chi connectivity index (χ4v) is 1.62. The molecule has 0 radical (unpaired) electrons. The molecule has 0 fully saturated rings. The molecule has 0 aromatic heterocycles. The summed E-state index contributed by atoms with van der Waals surface area (Å²) in [6.07, 6.45) is 4.96. The lowest BCUT2D eigenvalue weighted by Crippen LogP contribution is -2.24. The molecule has 0 saturated heterocycles. The summed E-state index contributed by atoms with van der Waals surface area (Å²) < 4.78 is 0.791. The van der Waals surface area contributed by atoms with Crippen molar-refractivity contribution < 1.29 is 9.63 Å². The topological polar surface area (TPSA) is 38.3 Å². The number of hydroxylamine groups is 1. The summed E-state index contributed by atoms with van der Waals surface area (Å²) in [5.74, 6) is 1.87. The Morgan fingerprint density at radius 2 is 2.40 bits per heavy atom. The van der Waals surface area contributed by atoms with E-state index in [1.165, 1.54) is 0 Å². The predicted molar refractivity (Wildman–Crippen MR) is 66.4 cm³/mol. The summed E-state index contributed by atoms with van der Waals surface area (Å²) in [5, 5.41) is 0.498. The summed E-state index contributed by atoms with van der Waals surface area (Å²) in [7, 11) is 0. The minimum atomic E-state index is -0.364.